The van der Waals surface area contributed by atoms with Crippen LogP contribution in [0.2, 0.25) is 0 Å². The molecule has 0 unspecified atom stereocenters. The highest BCUT2D eigenvalue weighted by molar-refractivity contribution is 7.46. The van der Waals surface area contributed by atoms with Gasteiger partial charge in [-0.05, 0) is 12.8 Å². The summed E-state index contributed by atoms with van der Waals surface area (Å²) in [5, 5.41) is 0. The average molecular weight is 373 g/mol. The van der Waals surface area contributed by atoms with E-state index >= 15 is 0 Å². The maximum Gasteiger partial charge on any atom is 0.698 e. The fourth-order valence-electron chi connectivity index (χ4n) is 1.97. The standard InChI is InChI=1S/C12H24O7P3/c1-5-11(7-14-20(3)15-8-11)18-22(13)19-12(6-2)9-16-21(4)17-10-12/h5-10H2,1-4H3/q+1. The lowest BCUT2D eigenvalue weighted by Gasteiger charge is -2.35. The Hall–Kier alpha value is 0.720. The molecule has 2 fully saturated rings. The summed E-state index contributed by atoms with van der Waals surface area (Å²) in [6.07, 6.45) is 1.26. The third-order valence-corrected chi connectivity index (χ3v) is 6.91. The number of rotatable bonds is 6. The van der Waals surface area contributed by atoms with Crippen molar-refractivity contribution in [3.8, 4) is 0 Å². The van der Waals surface area contributed by atoms with Gasteiger partial charge in [0.15, 0.2) is 28.0 Å². The highest BCUT2D eigenvalue weighted by Gasteiger charge is 2.50. The molecule has 2 heterocycles. The smallest absolute Gasteiger partial charge is 0.331 e. The lowest BCUT2D eigenvalue weighted by Crippen LogP contribution is -2.45. The van der Waals surface area contributed by atoms with Gasteiger partial charge in [0.05, 0.1) is 26.4 Å². The van der Waals surface area contributed by atoms with E-state index in [1.54, 1.807) is 0 Å². The molecule has 0 radical (unpaired) electrons. The minimum Gasteiger partial charge on any atom is -0.331 e. The van der Waals surface area contributed by atoms with Gasteiger partial charge in [-0.1, -0.05) is 13.8 Å². The Morgan fingerprint density at radius 1 is 0.864 bits per heavy atom. The van der Waals surface area contributed by atoms with E-state index < -0.39 is 36.2 Å². The zero-order chi connectivity index (χ0) is 16.2. The van der Waals surface area contributed by atoms with Crippen LogP contribution in [0.15, 0.2) is 0 Å². The van der Waals surface area contributed by atoms with E-state index in [1.807, 2.05) is 27.2 Å². The van der Waals surface area contributed by atoms with E-state index in [9.17, 15) is 4.57 Å². The molecule has 22 heavy (non-hydrogen) atoms. The molecular formula is C12H24O7P3+. The Balaban J connectivity index is 1.93. The van der Waals surface area contributed by atoms with E-state index in [1.165, 1.54) is 0 Å². The van der Waals surface area contributed by atoms with Crippen LogP contribution >= 0.6 is 25.0 Å². The molecule has 128 valence electrons. The molecule has 0 spiro atoms. The normalized spacial score (nSPS) is 40.5. The molecule has 2 aliphatic rings. The van der Waals surface area contributed by atoms with Crippen LogP contribution in [-0.4, -0.2) is 51.0 Å². The van der Waals surface area contributed by atoms with Gasteiger partial charge in [0.25, 0.3) is 0 Å². The Morgan fingerprint density at radius 2 is 1.18 bits per heavy atom. The second-order valence-corrected chi connectivity index (χ2v) is 9.06. The summed E-state index contributed by atoms with van der Waals surface area (Å²) in [6.45, 7) is 9.13. The molecule has 0 bridgehead atoms. The van der Waals surface area contributed by atoms with Crippen molar-refractivity contribution in [3.63, 3.8) is 0 Å². The third-order valence-electron chi connectivity index (χ3n) is 3.86. The molecule has 0 aromatic heterocycles. The van der Waals surface area contributed by atoms with Crippen molar-refractivity contribution < 1.29 is 31.7 Å². The summed E-state index contributed by atoms with van der Waals surface area (Å²) in [6, 6.07) is 0. The summed E-state index contributed by atoms with van der Waals surface area (Å²) in [4.78, 5) is 0. The van der Waals surface area contributed by atoms with Crippen molar-refractivity contribution in [3.05, 3.63) is 0 Å². The first-order chi connectivity index (χ1) is 10.4. The quantitative estimate of drug-likeness (QED) is 0.653. The van der Waals surface area contributed by atoms with Crippen LogP contribution in [0.25, 0.3) is 0 Å². The lowest BCUT2D eigenvalue weighted by atomic mass is 10.0. The van der Waals surface area contributed by atoms with Crippen LogP contribution in [0.3, 0.4) is 0 Å². The van der Waals surface area contributed by atoms with Crippen LogP contribution in [0.5, 0.6) is 0 Å². The first kappa shape index (κ1) is 19.1. The Labute approximate surface area is 135 Å². The Kier molecular flexibility index (Phi) is 7.10. The zero-order valence-corrected chi connectivity index (χ0v) is 16.1. The van der Waals surface area contributed by atoms with Crippen molar-refractivity contribution >= 4 is 25.0 Å². The summed E-state index contributed by atoms with van der Waals surface area (Å²) < 4.78 is 45.8. The van der Waals surface area contributed by atoms with E-state index in [-0.39, 0.29) is 0 Å². The summed E-state index contributed by atoms with van der Waals surface area (Å²) >= 11 is 0. The minimum absolute atomic E-state index is 0.364. The molecule has 0 N–H and O–H groups in total. The van der Waals surface area contributed by atoms with Gasteiger partial charge in [0.1, 0.15) is 0 Å². The Bertz CT molecular complexity index is 345. The van der Waals surface area contributed by atoms with Gasteiger partial charge in [-0.2, -0.15) is 0 Å². The van der Waals surface area contributed by atoms with Gasteiger partial charge in [-0.25, -0.2) is 0 Å². The maximum absolute atomic E-state index is 12.4. The lowest BCUT2D eigenvalue weighted by molar-refractivity contribution is -0.0822. The topological polar surface area (TPSA) is 72.5 Å². The monoisotopic (exact) mass is 373 g/mol. The molecular weight excluding hydrogens is 349 g/mol. The van der Waals surface area contributed by atoms with Crippen LogP contribution in [0.4, 0.5) is 0 Å². The summed E-state index contributed by atoms with van der Waals surface area (Å²) in [7, 11) is -4.06. The van der Waals surface area contributed by atoms with E-state index in [2.05, 4.69) is 0 Å². The predicted octanol–water partition coefficient (Wildman–Crippen LogP) is 3.95. The van der Waals surface area contributed by atoms with Gasteiger partial charge in [0.2, 0.25) is 0 Å². The fraction of sp³-hybridized carbons (Fsp3) is 1.00. The molecule has 0 atom stereocenters. The molecule has 2 saturated heterocycles. The van der Waals surface area contributed by atoms with E-state index in [0.29, 0.717) is 39.3 Å². The minimum atomic E-state index is -2.32. The second kappa shape index (κ2) is 8.20. The fourth-order valence-corrected chi connectivity index (χ4v) is 4.93. The number of hydrogen-bond donors (Lipinski definition) is 0. The SMILES string of the molecule is CCC1(O[P+](=O)OC2(CC)COP(C)OC2)COP(C)OC1. The summed E-state index contributed by atoms with van der Waals surface area (Å²) in [5.41, 5.74) is -1.43. The van der Waals surface area contributed by atoms with Crippen molar-refractivity contribution in [2.75, 3.05) is 39.8 Å². The van der Waals surface area contributed by atoms with Crippen LogP contribution < -0.4 is 0 Å². The van der Waals surface area contributed by atoms with Gasteiger partial charge in [-0.3, -0.25) is 0 Å². The molecule has 0 aliphatic carbocycles. The number of hydrogen-bond acceptors (Lipinski definition) is 7. The summed E-state index contributed by atoms with van der Waals surface area (Å²) in [5.74, 6) is 0. The first-order valence-corrected chi connectivity index (χ1v) is 11.6. The van der Waals surface area contributed by atoms with Gasteiger partial charge in [0, 0.05) is 17.9 Å². The molecule has 0 amide bonds. The second-order valence-electron chi connectivity index (χ2n) is 5.45. The molecule has 2 rings (SSSR count). The van der Waals surface area contributed by atoms with Crippen LogP contribution in [0, 0.1) is 0 Å². The zero-order valence-electron chi connectivity index (χ0n) is 13.4. The molecule has 7 nitrogen and oxygen atoms in total. The molecule has 2 aliphatic heterocycles. The Morgan fingerprint density at radius 3 is 1.45 bits per heavy atom. The first-order valence-electron chi connectivity index (χ1n) is 7.27. The third kappa shape index (κ3) is 4.86. The molecule has 0 saturated carbocycles. The van der Waals surface area contributed by atoms with Crippen molar-refractivity contribution in [1.82, 2.24) is 0 Å². The van der Waals surface area contributed by atoms with Gasteiger partial charge >= 0.3 is 8.25 Å². The van der Waals surface area contributed by atoms with Crippen molar-refractivity contribution in [1.29, 1.82) is 0 Å². The van der Waals surface area contributed by atoms with Crippen molar-refractivity contribution in [2.24, 2.45) is 0 Å². The average Bonchev–Trinajstić information content (AvgIpc) is 2.52. The molecule has 0 aromatic carbocycles. The van der Waals surface area contributed by atoms with Gasteiger partial charge in [-0.15, -0.1) is 9.05 Å². The van der Waals surface area contributed by atoms with Crippen molar-refractivity contribution in [2.45, 2.75) is 37.9 Å². The predicted molar refractivity (Wildman–Crippen MR) is 85.3 cm³/mol. The van der Waals surface area contributed by atoms with E-state index in [0.717, 1.165) is 0 Å². The van der Waals surface area contributed by atoms with Crippen LogP contribution in [-0.2, 0) is 31.7 Å². The molecule has 0 aromatic rings. The highest BCUT2D eigenvalue weighted by atomic mass is 31.2. The maximum atomic E-state index is 12.4. The van der Waals surface area contributed by atoms with E-state index in [4.69, 9.17) is 27.1 Å². The largest absolute Gasteiger partial charge is 0.698 e. The van der Waals surface area contributed by atoms with Gasteiger partial charge < -0.3 is 18.1 Å². The highest BCUT2D eigenvalue weighted by Crippen LogP contribution is 2.49. The van der Waals surface area contributed by atoms with Crippen LogP contribution in [0.1, 0.15) is 26.7 Å². The molecule has 10 heteroatoms.